The Hall–Kier alpha value is -2.41. The molecule has 2 aromatic carbocycles. The molecule has 3 atom stereocenters. The maximum absolute atomic E-state index is 12.5. The van der Waals surface area contributed by atoms with Crippen LogP contribution in [-0.4, -0.2) is 50.1 Å². The van der Waals surface area contributed by atoms with Gasteiger partial charge in [-0.15, -0.1) is 0 Å². The van der Waals surface area contributed by atoms with Gasteiger partial charge in [-0.2, -0.15) is 0 Å². The predicted octanol–water partition coefficient (Wildman–Crippen LogP) is 2.21. The topological polar surface area (TPSA) is 65.6 Å². The van der Waals surface area contributed by atoms with E-state index in [1.807, 2.05) is 24.3 Å². The van der Waals surface area contributed by atoms with Gasteiger partial charge in [-0.1, -0.05) is 42.5 Å². The molecule has 2 aliphatic heterocycles. The summed E-state index contributed by atoms with van der Waals surface area (Å²) in [6.07, 6.45) is 1.92. The number of ether oxygens (including phenoxy) is 1. The highest BCUT2D eigenvalue weighted by Gasteiger charge is 2.30. The lowest BCUT2D eigenvalue weighted by molar-refractivity contribution is -0.122. The minimum Gasteiger partial charge on any atom is -0.497 e. The zero-order valence-corrected chi connectivity index (χ0v) is 16.9. The number of likely N-dealkylation sites (tertiary alicyclic amines) is 1. The third kappa shape index (κ3) is 4.96. The van der Waals surface area contributed by atoms with Crippen molar-refractivity contribution in [3.63, 3.8) is 0 Å². The van der Waals surface area contributed by atoms with Gasteiger partial charge in [0.15, 0.2) is 0 Å². The van der Waals surface area contributed by atoms with E-state index in [1.54, 1.807) is 7.11 Å². The summed E-state index contributed by atoms with van der Waals surface area (Å²) in [5, 5.41) is 3.09. The summed E-state index contributed by atoms with van der Waals surface area (Å²) in [7, 11) is 1.66. The van der Waals surface area contributed by atoms with Crippen LogP contribution in [-0.2, 0) is 4.79 Å². The molecule has 4 rings (SSSR count). The minimum absolute atomic E-state index is 0.0623. The Kier molecular flexibility index (Phi) is 6.44. The highest BCUT2D eigenvalue weighted by atomic mass is 16.5. The van der Waals surface area contributed by atoms with Gasteiger partial charge in [0.1, 0.15) is 11.8 Å². The van der Waals surface area contributed by atoms with E-state index >= 15 is 0 Å². The summed E-state index contributed by atoms with van der Waals surface area (Å²) in [6, 6.07) is 18.6. The fraction of sp³-hybridized carbons (Fsp3) is 0.435. The van der Waals surface area contributed by atoms with E-state index < -0.39 is 0 Å². The quantitative estimate of drug-likeness (QED) is 0.672. The second kappa shape index (κ2) is 9.39. The Morgan fingerprint density at radius 1 is 1.10 bits per heavy atom. The summed E-state index contributed by atoms with van der Waals surface area (Å²) in [5.74, 6) is 1.51. The first-order valence-corrected chi connectivity index (χ1v) is 10.4. The molecule has 154 valence electrons. The van der Waals surface area contributed by atoms with Crippen molar-refractivity contribution in [1.29, 1.82) is 0 Å². The molecule has 3 N–H and O–H groups in total. The summed E-state index contributed by atoms with van der Waals surface area (Å²) in [5.41, 5.74) is 8.94. The monoisotopic (exact) mass is 394 g/mol. The maximum atomic E-state index is 12.5. The average molecular weight is 395 g/mol. The number of amides is 1. The number of hydrogen-bond donors (Lipinski definition) is 3. The number of methoxy groups -OCH3 is 1. The van der Waals surface area contributed by atoms with Crippen molar-refractivity contribution < 1.29 is 9.53 Å². The standard InChI is InChI=1S/C23H30N4O2/c1-29-20-9-7-18(8-10-20)21-15-22(26-25-21)23(28)24-12-14-27-13-11-19(16-27)17-5-3-2-4-6-17/h2-10,19,21-22,25-26H,11-16H2,1H3,(H,24,28). The second-order valence-corrected chi connectivity index (χ2v) is 7.89. The van der Waals surface area contributed by atoms with Crippen molar-refractivity contribution >= 4 is 5.91 Å². The highest BCUT2D eigenvalue weighted by molar-refractivity contribution is 5.82. The minimum atomic E-state index is -0.210. The molecule has 2 heterocycles. The number of carbonyl (C=O) groups is 1. The van der Waals surface area contributed by atoms with Crippen molar-refractivity contribution in [2.75, 3.05) is 33.3 Å². The molecule has 2 saturated heterocycles. The van der Waals surface area contributed by atoms with E-state index in [4.69, 9.17) is 4.74 Å². The van der Waals surface area contributed by atoms with E-state index in [1.165, 1.54) is 12.0 Å². The predicted molar refractivity (Wildman–Crippen MR) is 114 cm³/mol. The Morgan fingerprint density at radius 3 is 2.66 bits per heavy atom. The van der Waals surface area contributed by atoms with Gasteiger partial charge in [0.25, 0.3) is 0 Å². The normalized spacial score (nSPS) is 24.5. The highest BCUT2D eigenvalue weighted by Crippen LogP contribution is 2.27. The Balaban J connectivity index is 1.19. The van der Waals surface area contributed by atoms with Gasteiger partial charge in [-0.05, 0) is 48.6 Å². The molecule has 0 aliphatic carbocycles. The number of carbonyl (C=O) groups excluding carboxylic acids is 1. The molecule has 2 aliphatic rings. The lowest BCUT2D eigenvalue weighted by Gasteiger charge is -2.17. The number of hydrazine groups is 1. The van der Waals surface area contributed by atoms with Gasteiger partial charge in [0, 0.05) is 25.7 Å². The zero-order chi connectivity index (χ0) is 20.1. The van der Waals surface area contributed by atoms with Crippen LogP contribution in [0.15, 0.2) is 54.6 Å². The summed E-state index contributed by atoms with van der Waals surface area (Å²) >= 11 is 0. The molecule has 0 spiro atoms. The van der Waals surface area contributed by atoms with Crippen LogP contribution in [0.4, 0.5) is 0 Å². The molecule has 2 fully saturated rings. The molecule has 0 aromatic heterocycles. The summed E-state index contributed by atoms with van der Waals surface area (Å²) in [6.45, 7) is 3.75. The van der Waals surface area contributed by atoms with Crippen LogP contribution in [0, 0.1) is 0 Å². The summed E-state index contributed by atoms with van der Waals surface area (Å²) < 4.78 is 5.21. The van der Waals surface area contributed by atoms with Crippen molar-refractivity contribution in [2.45, 2.75) is 30.8 Å². The molecule has 2 aromatic rings. The van der Waals surface area contributed by atoms with E-state index in [0.29, 0.717) is 12.5 Å². The second-order valence-electron chi connectivity index (χ2n) is 7.89. The van der Waals surface area contributed by atoms with Crippen LogP contribution < -0.4 is 20.9 Å². The third-order valence-electron chi connectivity index (χ3n) is 6.01. The third-order valence-corrected chi connectivity index (χ3v) is 6.01. The van der Waals surface area contributed by atoms with Gasteiger partial charge >= 0.3 is 0 Å². The van der Waals surface area contributed by atoms with Gasteiger partial charge < -0.3 is 15.0 Å². The maximum Gasteiger partial charge on any atom is 0.238 e. The first-order chi connectivity index (χ1) is 14.2. The molecule has 6 heteroatoms. The molecule has 6 nitrogen and oxygen atoms in total. The largest absolute Gasteiger partial charge is 0.497 e. The fourth-order valence-electron chi connectivity index (χ4n) is 4.28. The lowest BCUT2D eigenvalue weighted by Crippen LogP contribution is -2.45. The van der Waals surface area contributed by atoms with Gasteiger partial charge in [0.2, 0.25) is 5.91 Å². The molecule has 0 bridgehead atoms. The SMILES string of the molecule is COc1ccc(C2CC(C(=O)NCCN3CCC(c4ccccc4)C3)NN2)cc1. The number of rotatable bonds is 7. The van der Waals surface area contributed by atoms with Crippen molar-refractivity contribution in [1.82, 2.24) is 21.1 Å². The van der Waals surface area contributed by atoms with E-state index in [-0.39, 0.29) is 18.0 Å². The molecular formula is C23H30N4O2. The van der Waals surface area contributed by atoms with Crippen LogP contribution in [0.3, 0.4) is 0 Å². The molecular weight excluding hydrogens is 364 g/mol. The van der Waals surface area contributed by atoms with E-state index in [0.717, 1.165) is 37.4 Å². The van der Waals surface area contributed by atoms with Crippen molar-refractivity contribution in [3.8, 4) is 5.75 Å². The van der Waals surface area contributed by atoms with Crippen LogP contribution in [0.1, 0.15) is 35.9 Å². The first-order valence-electron chi connectivity index (χ1n) is 10.4. The average Bonchev–Trinajstić information content (AvgIpc) is 3.45. The molecule has 0 saturated carbocycles. The van der Waals surface area contributed by atoms with E-state index in [2.05, 4.69) is 51.4 Å². The molecule has 1 amide bonds. The number of hydrogen-bond acceptors (Lipinski definition) is 5. The van der Waals surface area contributed by atoms with Crippen molar-refractivity contribution in [3.05, 3.63) is 65.7 Å². The van der Waals surface area contributed by atoms with Crippen LogP contribution in [0.25, 0.3) is 0 Å². The molecule has 0 radical (unpaired) electrons. The van der Waals surface area contributed by atoms with Crippen LogP contribution in [0.5, 0.6) is 5.75 Å². The van der Waals surface area contributed by atoms with Gasteiger partial charge in [-0.3, -0.25) is 4.79 Å². The van der Waals surface area contributed by atoms with Crippen LogP contribution in [0.2, 0.25) is 0 Å². The number of nitrogens with zero attached hydrogens (tertiary/aromatic N) is 1. The number of benzene rings is 2. The Labute approximate surface area is 172 Å². The van der Waals surface area contributed by atoms with Gasteiger partial charge in [0.05, 0.1) is 7.11 Å². The summed E-state index contributed by atoms with van der Waals surface area (Å²) in [4.78, 5) is 15.0. The number of nitrogens with one attached hydrogen (secondary N) is 3. The fourth-order valence-corrected chi connectivity index (χ4v) is 4.28. The zero-order valence-electron chi connectivity index (χ0n) is 16.9. The first kappa shape index (κ1) is 19.9. The van der Waals surface area contributed by atoms with Gasteiger partial charge in [-0.25, -0.2) is 10.9 Å². The Bertz CT molecular complexity index is 796. The molecule has 29 heavy (non-hydrogen) atoms. The van der Waals surface area contributed by atoms with Crippen molar-refractivity contribution in [2.24, 2.45) is 0 Å². The van der Waals surface area contributed by atoms with Crippen LogP contribution >= 0.6 is 0 Å². The Morgan fingerprint density at radius 2 is 1.90 bits per heavy atom. The van der Waals surface area contributed by atoms with E-state index in [9.17, 15) is 4.79 Å². The lowest BCUT2D eigenvalue weighted by atomic mass is 9.99. The smallest absolute Gasteiger partial charge is 0.238 e. The molecule has 3 unspecified atom stereocenters.